The Morgan fingerprint density at radius 2 is 1.94 bits per heavy atom. The maximum absolute atomic E-state index is 12.5. The maximum Gasteiger partial charge on any atom is 0.227 e. The van der Waals surface area contributed by atoms with Crippen LogP contribution in [0.5, 0.6) is 0 Å². The molecule has 0 aromatic rings. The Bertz CT molecular complexity index is 388. The molecule has 2 fully saturated rings. The van der Waals surface area contributed by atoms with Gasteiger partial charge < -0.3 is 5.32 Å². The minimum atomic E-state index is -0.452. The number of ketones is 1. The molecule has 0 saturated heterocycles. The summed E-state index contributed by atoms with van der Waals surface area (Å²) in [6.07, 6.45) is 4.25. The molecule has 1 amide bonds. The maximum atomic E-state index is 12.5. The van der Waals surface area contributed by atoms with Crippen LogP contribution in [-0.2, 0) is 9.59 Å². The van der Waals surface area contributed by atoms with Crippen molar-refractivity contribution in [3.8, 4) is 0 Å². The van der Waals surface area contributed by atoms with Crippen LogP contribution in [0.3, 0.4) is 0 Å². The van der Waals surface area contributed by atoms with E-state index in [4.69, 9.17) is 0 Å². The van der Waals surface area contributed by atoms with E-state index in [0.29, 0.717) is 6.42 Å². The number of nitrogens with one attached hydrogen (secondary N) is 1. The van der Waals surface area contributed by atoms with Crippen molar-refractivity contribution in [3.05, 3.63) is 0 Å². The monoisotopic (exact) mass is 251 g/mol. The first kappa shape index (κ1) is 13.6. The second-order valence-electron chi connectivity index (χ2n) is 6.75. The van der Waals surface area contributed by atoms with E-state index in [0.717, 1.165) is 32.2 Å². The third kappa shape index (κ3) is 1.42. The molecule has 0 spiro atoms. The molecule has 0 aromatic heterocycles. The van der Waals surface area contributed by atoms with Crippen LogP contribution in [0, 0.1) is 16.2 Å². The van der Waals surface area contributed by atoms with Crippen molar-refractivity contribution < 1.29 is 9.59 Å². The molecule has 0 aliphatic heterocycles. The first-order valence-electron chi connectivity index (χ1n) is 7.13. The van der Waals surface area contributed by atoms with Gasteiger partial charge in [0.25, 0.3) is 0 Å². The third-order valence-corrected chi connectivity index (χ3v) is 5.96. The van der Waals surface area contributed by atoms with Gasteiger partial charge in [-0.25, -0.2) is 0 Å². The zero-order chi connectivity index (χ0) is 13.6. The predicted molar refractivity (Wildman–Crippen MR) is 71.1 cm³/mol. The van der Waals surface area contributed by atoms with Crippen LogP contribution in [0.25, 0.3) is 0 Å². The van der Waals surface area contributed by atoms with Crippen LogP contribution in [0.4, 0.5) is 0 Å². The Labute approximate surface area is 110 Å². The molecule has 1 N–H and O–H groups in total. The molecule has 0 heterocycles. The molecular formula is C15H25NO2. The highest BCUT2D eigenvalue weighted by molar-refractivity contribution is 5.99. The van der Waals surface area contributed by atoms with Gasteiger partial charge in [-0.05, 0) is 24.7 Å². The summed E-state index contributed by atoms with van der Waals surface area (Å²) in [5, 5.41) is 3.05. The molecule has 3 heteroatoms. The second-order valence-corrected chi connectivity index (χ2v) is 6.75. The van der Waals surface area contributed by atoms with Gasteiger partial charge in [-0.1, -0.05) is 34.1 Å². The smallest absolute Gasteiger partial charge is 0.227 e. The minimum Gasteiger partial charge on any atom is -0.356 e. The van der Waals surface area contributed by atoms with Gasteiger partial charge in [-0.15, -0.1) is 0 Å². The van der Waals surface area contributed by atoms with Crippen molar-refractivity contribution in [3.63, 3.8) is 0 Å². The Hall–Kier alpha value is -0.860. The van der Waals surface area contributed by atoms with E-state index >= 15 is 0 Å². The van der Waals surface area contributed by atoms with Gasteiger partial charge in [-0.3, -0.25) is 9.59 Å². The number of hydrogen-bond donors (Lipinski definition) is 1. The molecule has 3 nitrogen and oxygen atoms in total. The van der Waals surface area contributed by atoms with E-state index in [-0.39, 0.29) is 22.5 Å². The SMILES string of the molecule is CCCCNC(=O)[C@]12CC[C@@](C)(C(=O)C1)C2(C)C. The van der Waals surface area contributed by atoms with E-state index < -0.39 is 5.41 Å². The summed E-state index contributed by atoms with van der Waals surface area (Å²) in [7, 11) is 0. The summed E-state index contributed by atoms with van der Waals surface area (Å²) in [5.41, 5.74) is -0.963. The number of hydrogen-bond acceptors (Lipinski definition) is 2. The van der Waals surface area contributed by atoms with E-state index in [2.05, 4.69) is 26.1 Å². The third-order valence-electron chi connectivity index (χ3n) is 5.96. The van der Waals surface area contributed by atoms with Gasteiger partial charge >= 0.3 is 0 Å². The highest BCUT2D eigenvalue weighted by atomic mass is 16.2. The Balaban J connectivity index is 2.22. The van der Waals surface area contributed by atoms with Crippen LogP contribution in [0.2, 0.25) is 0 Å². The number of fused-ring (bicyclic) bond motifs is 2. The molecule has 18 heavy (non-hydrogen) atoms. The fraction of sp³-hybridized carbons (Fsp3) is 0.867. The van der Waals surface area contributed by atoms with Gasteiger partial charge in [0.2, 0.25) is 5.91 Å². The van der Waals surface area contributed by atoms with Gasteiger partial charge in [0.1, 0.15) is 5.78 Å². The molecule has 2 aliphatic carbocycles. The summed E-state index contributed by atoms with van der Waals surface area (Å²) in [6, 6.07) is 0. The summed E-state index contributed by atoms with van der Waals surface area (Å²) >= 11 is 0. The van der Waals surface area contributed by atoms with Crippen molar-refractivity contribution >= 4 is 11.7 Å². The molecule has 0 radical (unpaired) electrons. The van der Waals surface area contributed by atoms with E-state index in [9.17, 15) is 9.59 Å². The number of amides is 1. The lowest BCUT2D eigenvalue weighted by Crippen LogP contribution is -2.46. The molecular weight excluding hydrogens is 226 g/mol. The van der Waals surface area contributed by atoms with Crippen LogP contribution in [-0.4, -0.2) is 18.2 Å². The van der Waals surface area contributed by atoms with Gasteiger partial charge in [0.05, 0.1) is 5.41 Å². The lowest BCUT2D eigenvalue weighted by Gasteiger charge is -2.38. The van der Waals surface area contributed by atoms with E-state index in [1.165, 1.54) is 0 Å². The fourth-order valence-electron chi connectivity index (χ4n) is 3.91. The first-order valence-corrected chi connectivity index (χ1v) is 7.13. The molecule has 2 atom stereocenters. The van der Waals surface area contributed by atoms with Crippen LogP contribution in [0.1, 0.15) is 59.8 Å². The van der Waals surface area contributed by atoms with Crippen LogP contribution >= 0.6 is 0 Å². The van der Waals surface area contributed by atoms with E-state index in [1.807, 2.05) is 6.92 Å². The lowest BCUT2D eigenvalue weighted by atomic mass is 9.64. The average molecular weight is 251 g/mol. The zero-order valence-corrected chi connectivity index (χ0v) is 12.1. The zero-order valence-electron chi connectivity index (χ0n) is 12.1. The van der Waals surface area contributed by atoms with Crippen molar-refractivity contribution in [1.29, 1.82) is 0 Å². The molecule has 2 saturated carbocycles. The quantitative estimate of drug-likeness (QED) is 0.781. The highest BCUT2D eigenvalue weighted by Gasteiger charge is 2.72. The summed E-state index contributed by atoms with van der Waals surface area (Å²) in [6.45, 7) is 9.09. The highest BCUT2D eigenvalue weighted by Crippen LogP contribution is 2.70. The molecule has 0 aromatic carbocycles. The second kappa shape index (κ2) is 4.07. The Morgan fingerprint density at radius 3 is 2.39 bits per heavy atom. The van der Waals surface area contributed by atoms with Crippen molar-refractivity contribution in [2.24, 2.45) is 16.2 Å². The fourth-order valence-corrected chi connectivity index (χ4v) is 3.91. The molecule has 0 unspecified atom stereocenters. The number of Topliss-reactive ketones (excluding diaryl/α,β-unsaturated/α-hetero) is 1. The topological polar surface area (TPSA) is 46.2 Å². The van der Waals surface area contributed by atoms with Crippen molar-refractivity contribution in [2.75, 3.05) is 6.54 Å². The normalized spacial score (nSPS) is 37.0. The first-order chi connectivity index (χ1) is 8.32. The van der Waals surface area contributed by atoms with Crippen LogP contribution < -0.4 is 5.32 Å². The largest absolute Gasteiger partial charge is 0.356 e. The van der Waals surface area contributed by atoms with Crippen molar-refractivity contribution in [1.82, 2.24) is 5.32 Å². The number of unbranched alkanes of at least 4 members (excludes halogenated alkanes) is 1. The van der Waals surface area contributed by atoms with E-state index in [1.54, 1.807) is 0 Å². The number of rotatable bonds is 4. The molecule has 2 bridgehead atoms. The van der Waals surface area contributed by atoms with Gasteiger partial charge in [0, 0.05) is 18.4 Å². The number of carbonyl (C=O) groups is 2. The standard InChI is InChI=1S/C15H25NO2/c1-5-6-9-16-12(18)15-8-7-14(4,11(17)10-15)13(15,2)3/h5-10H2,1-4H3,(H,16,18)/t14-,15-/m0/s1. The van der Waals surface area contributed by atoms with Gasteiger partial charge in [0.15, 0.2) is 0 Å². The number of carbonyl (C=O) groups excluding carboxylic acids is 2. The van der Waals surface area contributed by atoms with Crippen LogP contribution in [0.15, 0.2) is 0 Å². The summed E-state index contributed by atoms with van der Waals surface area (Å²) in [4.78, 5) is 24.8. The molecule has 2 aliphatic rings. The minimum absolute atomic E-state index is 0.107. The average Bonchev–Trinajstić information content (AvgIpc) is 2.59. The Morgan fingerprint density at radius 1 is 1.28 bits per heavy atom. The summed E-state index contributed by atoms with van der Waals surface area (Å²) in [5.74, 6) is 0.389. The Kier molecular flexibility index (Phi) is 3.07. The predicted octanol–water partition coefficient (Wildman–Crippen LogP) is 2.69. The van der Waals surface area contributed by atoms with Crippen molar-refractivity contribution in [2.45, 2.75) is 59.8 Å². The lowest BCUT2D eigenvalue weighted by molar-refractivity contribution is -0.136. The summed E-state index contributed by atoms with van der Waals surface area (Å²) < 4.78 is 0. The molecule has 102 valence electrons. The van der Waals surface area contributed by atoms with Gasteiger partial charge in [-0.2, -0.15) is 0 Å². The molecule has 2 rings (SSSR count).